The molecule has 0 aliphatic rings. The first-order chi connectivity index (χ1) is 15.5. The van der Waals surface area contributed by atoms with Gasteiger partial charge >= 0.3 is 0 Å². The van der Waals surface area contributed by atoms with Gasteiger partial charge in [-0.3, -0.25) is 4.79 Å². The van der Waals surface area contributed by atoms with Crippen LogP contribution in [0.5, 0.6) is 17.2 Å². The van der Waals surface area contributed by atoms with Crippen molar-refractivity contribution >= 4 is 35.3 Å². The molecule has 1 amide bonds. The van der Waals surface area contributed by atoms with Crippen molar-refractivity contribution in [2.75, 3.05) is 14.2 Å². The van der Waals surface area contributed by atoms with E-state index in [-0.39, 0.29) is 12.3 Å². The van der Waals surface area contributed by atoms with E-state index >= 15 is 0 Å². The SMILES string of the molecule is COc1ccc(CC(=O)N/N=C/c2cc(Cl)c(OCc3ccc(Cl)cc3)c(OC)c2)cc1. The molecule has 0 heterocycles. The molecule has 0 aromatic heterocycles. The fourth-order valence-corrected chi connectivity index (χ4v) is 3.24. The smallest absolute Gasteiger partial charge is 0.244 e. The number of hydrogen-bond acceptors (Lipinski definition) is 5. The van der Waals surface area contributed by atoms with Gasteiger partial charge in [-0.25, -0.2) is 5.43 Å². The summed E-state index contributed by atoms with van der Waals surface area (Å²) in [5.41, 5.74) is 4.95. The number of hydrogen-bond donors (Lipinski definition) is 1. The number of rotatable bonds is 9. The number of nitrogens with zero attached hydrogens (tertiary/aromatic N) is 1. The topological polar surface area (TPSA) is 69.2 Å². The van der Waals surface area contributed by atoms with E-state index in [1.165, 1.54) is 13.3 Å². The molecular weight excluding hydrogens is 451 g/mol. The number of carbonyl (C=O) groups excluding carboxylic acids is 1. The molecule has 0 unspecified atom stereocenters. The predicted molar refractivity (Wildman–Crippen MR) is 126 cm³/mol. The molecule has 166 valence electrons. The molecular formula is C24H22Cl2N2O4. The number of hydrazone groups is 1. The van der Waals surface area contributed by atoms with Gasteiger partial charge in [0.25, 0.3) is 0 Å². The molecule has 0 aliphatic heterocycles. The second-order valence-corrected chi connectivity index (χ2v) is 7.61. The Morgan fingerprint density at radius 2 is 1.66 bits per heavy atom. The Kier molecular flexibility index (Phi) is 8.36. The maximum absolute atomic E-state index is 12.1. The van der Waals surface area contributed by atoms with E-state index in [9.17, 15) is 4.79 Å². The van der Waals surface area contributed by atoms with Crippen molar-refractivity contribution < 1.29 is 19.0 Å². The summed E-state index contributed by atoms with van der Waals surface area (Å²) < 4.78 is 16.4. The second kappa shape index (κ2) is 11.4. The molecule has 0 aliphatic carbocycles. The first kappa shape index (κ1) is 23.4. The van der Waals surface area contributed by atoms with Crippen LogP contribution in [0.15, 0.2) is 65.8 Å². The standard InChI is InChI=1S/C24H22Cl2N2O4/c1-30-20-9-5-16(6-10-20)13-23(29)28-27-14-18-11-21(26)24(22(12-18)31-2)32-15-17-3-7-19(25)8-4-17/h3-12,14H,13,15H2,1-2H3,(H,28,29)/b27-14+. The van der Waals surface area contributed by atoms with E-state index < -0.39 is 0 Å². The highest BCUT2D eigenvalue weighted by Crippen LogP contribution is 2.36. The third kappa shape index (κ3) is 6.64. The van der Waals surface area contributed by atoms with E-state index in [0.29, 0.717) is 33.7 Å². The van der Waals surface area contributed by atoms with E-state index in [0.717, 1.165) is 16.9 Å². The lowest BCUT2D eigenvalue weighted by atomic mass is 10.1. The summed E-state index contributed by atoms with van der Waals surface area (Å²) in [4.78, 5) is 12.1. The fourth-order valence-electron chi connectivity index (χ4n) is 2.84. The second-order valence-electron chi connectivity index (χ2n) is 6.77. The third-order valence-corrected chi connectivity index (χ3v) is 5.01. The van der Waals surface area contributed by atoms with Gasteiger partial charge in [-0.15, -0.1) is 0 Å². The summed E-state index contributed by atoms with van der Waals surface area (Å²) >= 11 is 12.3. The minimum Gasteiger partial charge on any atom is -0.497 e. The van der Waals surface area contributed by atoms with E-state index in [2.05, 4.69) is 10.5 Å². The van der Waals surface area contributed by atoms with Crippen LogP contribution in [0.25, 0.3) is 0 Å². The van der Waals surface area contributed by atoms with Crippen LogP contribution in [-0.4, -0.2) is 26.3 Å². The summed E-state index contributed by atoms with van der Waals surface area (Å²) in [6, 6.07) is 18.0. The third-order valence-electron chi connectivity index (χ3n) is 4.47. The van der Waals surface area contributed by atoms with Gasteiger partial charge in [0.2, 0.25) is 5.91 Å². The van der Waals surface area contributed by atoms with Crippen LogP contribution in [0.1, 0.15) is 16.7 Å². The van der Waals surface area contributed by atoms with E-state index in [1.807, 2.05) is 24.3 Å². The quantitative estimate of drug-likeness (QED) is 0.339. The Morgan fingerprint density at radius 3 is 2.31 bits per heavy atom. The Balaban J connectivity index is 1.60. The Morgan fingerprint density at radius 1 is 0.969 bits per heavy atom. The van der Waals surface area contributed by atoms with Crippen molar-refractivity contribution in [3.63, 3.8) is 0 Å². The lowest BCUT2D eigenvalue weighted by molar-refractivity contribution is -0.120. The van der Waals surface area contributed by atoms with Crippen molar-refractivity contribution in [1.82, 2.24) is 5.43 Å². The first-order valence-corrected chi connectivity index (χ1v) is 10.4. The van der Waals surface area contributed by atoms with Gasteiger partial charge in [0, 0.05) is 5.02 Å². The van der Waals surface area contributed by atoms with Gasteiger partial charge in [-0.1, -0.05) is 47.5 Å². The maximum atomic E-state index is 12.1. The highest BCUT2D eigenvalue weighted by atomic mass is 35.5. The number of amides is 1. The molecule has 0 atom stereocenters. The Bertz CT molecular complexity index is 1080. The van der Waals surface area contributed by atoms with Crippen LogP contribution < -0.4 is 19.6 Å². The monoisotopic (exact) mass is 472 g/mol. The molecule has 8 heteroatoms. The zero-order valence-electron chi connectivity index (χ0n) is 17.6. The molecule has 0 saturated heterocycles. The van der Waals surface area contributed by atoms with Crippen molar-refractivity contribution in [3.05, 3.63) is 87.4 Å². The molecule has 32 heavy (non-hydrogen) atoms. The molecule has 0 radical (unpaired) electrons. The van der Waals surface area contributed by atoms with Gasteiger partial charge in [-0.05, 0) is 53.1 Å². The summed E-state index contributed by atoms with van der Waals surface area (Å²) in [5, 5.41) is 5.02. The molecule has 0 fully saturated rings. The summed E-state index contributed by atoms with van der Waals surface area (Å²) in [6.45, 7) is 0.308. The lowest BCUT2D eigenvalue weighted by Gasteiger charge is -2.13. The van der Waals surface area contributed by atoms with Crippen LogP contribution in [0.3, 0.4) is 0 Å². The van der Waals surface area contributed by atoms with Crippen LogP contribution >= 0.6 is 23.2 Å². The molecule has 1 N–H and O–H groups in total. The number of methoxy groups -OCH3 is 2. The van der Waals surface area contributed by atoms with Gasteiger partial charge < -0.3 is 14.2 Å². The lowest BCUT2D eigenvalue weighted by Crippen LogP contribution is -2.19. The molecule has 3 aromatic carbocycles. The number of benzene rings is 3. The van der Waals surface area contributed by atoms with Crippen LogP contribution in [0.4, 0.5) is 0 Å². The summed E-state index contributed by atoms with van der Waals surface area (Å²) in [6.07, 6.45) is 1.69. The molecule has 0 spiro atoms. The summed E-state index contributed by atoms with van der Waals surface area (Å²) in [7, 11) is 3.12. The Labute approximate surface area is 196 Å². The van der Waals surface area contributed by atoms with Crippen molar-refractivity contribution in [3.8, 4) is 17.2 Å². The van der Waals surface area contributed by atoms with Gasteiger partial charge in [0.1, 0.15) is 12.4 Å². The average molecular weight is 473 g/mol. The van der Waals surface area contributed by atoms with Crippen molar-refractivity contribution in [2.24, 2.45) is 5.10 Å². The van der Waals surface area contributed by atoms with Gasteiger partial charge in [-0.2, -0.15) is 5.10 Å². The zero-order chi connectivity index (χ0) is 22.9. The first-order valence-electron chi connectivity index (χ1n) is 9.68. The minimum absolute atomic E-state index is 0.197. The number of carbonyl (C=O) groups is 1. The number of halogens is 2. The largest absolute Gasteiger partial charge is 0.497 e. The molecule has 6 nitrogen and oxygen atoms in total. The van der Waals surface area contributed by atoms with Crippen LogP contribution in [0, 0.1) is 0 Å². The average Bonchev–Trinajstić information content (AvgIpc) is 2.79. The summed E-state index contributed by atoms with van der Waals surface area (Å²) in [5.74, 6) is 1.37. The van der Waals surface area contributed by atoms with Gasteiger partial charge in [0.15, 0.2) is 11.5 Å². The molecule has 0 saturated carbocycles. The van der Waals surface area contributed by atoms with Crippen molar-refractivity contribution in [2.45, 2.75) is 13.0 Å². The van der Waals surface area contributed by atoms with Gasteiger partial charge in [0.05, 0.1) is 31.9 Å². The van der Waals surface area contributed by atoms with Crippen LogP contribution in [0.2, 0.25) is 10.0 Å². The highest BCUT2D eigenvalue weighted by Gasteiger charge is 2.12. The Hall–Kier alpha value is -3.22. The zero-order valence-corrected chi connectivity index (χ0v) is 19.1. The molecule has 3 rings (SSSR count). The fraction of sp³-hybridized carbons (Fsp3) is 0.167. The van der Waals surface area contributed by atoms with Crippen molar-refractivity contribution in [1.29, 1.82) is 0 Å². The maximum Gasteiger partial charge on any atom is 0.244 e. The highest BCUT2D eigenvalue weighted by molar-refractivity contribution is 6.32. The molecule has 0 bridgehead atoms. The van der Waals surface area contributed by atoms with E-state index in [4.69, 9.17) is 37.4 Å². The molecule has 3 aromatic rings. The normalized spacial score (nSPS) is 10.8. The number of nitrogens with one attached hydrogen (secondary N) is 1. The van der Waals surface area contributed by atoms with E-state index in [1.54, 1.807) is 43.5 Å². The van der Waals surface area contributed by atoms with Crippen LogP contribution in [-0.2, 0) is 17.8 Å². The predicted octanol–water partition coefficient (Wildman–Crippen LogP) is 5.28. The minimum atomic E-state index is -0.243. The number of ether oxygens (including phenoxy) is 3.